The lowest BCUT2D eigenvalue weighted by Gasteiger charge is -2.16. The van der Waals surface area contributed by atoms with Crippen molar-refractivity contribution in [3.8, 4) is 0 Å². The number of aryl methyl sites for hydroxylation is 1. The molecule has 110 valence electrons. The van der Waals surface area contributed by atoms with Crippen LogP contribution in [0.3, 0.4) is 0 Å². The van der Waals surface area contributed by atoms with Gasteiger partial charge >= 0.3 is 0 Å². The van der Waals surface area contributed by atoms with E-state index in [1.54, 1.807) is 10.9 Å². The Labute approximate surface area is 124 Å². The minimum Gasteiger partial charge on any atom is -0.342 e. The number of aromatic nitrogens is 3. The predicted molar refractivity (Wildman–Crippen MR) is 79.5 cm³/mol. The van der Waals surface area contributed by atoms with E-state index >= 15 is 0 Å². The fourth-order valence-corrected chi connectivity index (χ4v) is 2.91. The Bertz CT molecular complexity index is 608. The molecule has 0 radical (unpaired) electrons. The minimum absolute atomic E-state index is 0.177. The van der Waals surface area contributed by atoms with Crippen molar-refractivity contribution in [2.24, 2.45) is 13.0 Å². The fraction of sp³-hybridized carbons (Fsp3) is 0.438. The summed E-state index contributed by atoms with van der Waals surface area (Å²) in [6.07, 6.45) is 4.19. The van der Waals surface area contributed by atoms with E-state index in [4.69, 9.17) is 0 Å². The number of likely N-dealkylation sites (tertiary alicyclic amines) is 1. The van der Waals surface area contributed by atoms with Gasteiger partial charge in [-0.25, -0.2) is 0 Å². The quantitative estimate of drug-likeness (QED) is 0.854. The number of rotatable bonds is 4. The molecule has 1 aromatic heterocycles. The Kier molecular flexibility index (Phi) is 3.99. The van der Waals surface area contributed by atoms with Gasteiger partial charge in [-0.15, -0.1) is 5.10 Å². The zero-order valence-corrected chi connectivity index (χ0v) is 12.3. The molecule has 0 spiro atoms. The van der Waals surface area contributed by atoms with Crippen molar-refractivity contribution in [2.45, 2.75) is 19.3 Å². The van der Waals surface area contributed by atoms with Crippen LogP contribution in [-0.4, -0.2) is 38.9 Å². The number of carbonyl (C=O) groups is 1. The number of hydrogen-bond acceptors (Lipinski definition) is 3. The maximum absolute atomic E-state index is 12.3. The molecular formula is C16H20N4O. The molecule has 2 aromatic rings. The van der Waals surface area contributed by atoms with Crippen LogP contribution >= 0.6 is 0 Å². The van der Waals surface area contributed by atoms with Gasteiger partial charge in [-0.2, -0.15) is 0 Å². The highest BCUT2D eigenvalue weighted by molar-refractivity contribution is 5.78. The minimum atomic E-state index is 0.177. The van der Waals surface area contributed by atoms with Gasteiger partial charge in [-0.05, 0) is 24.3 Å². The van der Waals surface area contributed by atoms with Crippen molar-refractivity contribution in [3.63, 3.8) is 0 Å². The second-order valence-corrected chi connectivity index (χ2v) is 5.71. The summed E-state index contributed by atoms with van der Waals surface area (Å²) in [5, 5.41) is 7.68. The average Bonchev–Trinajstić information content (AvgIpc) is 3.10. The van der Waals surface area contributed by atoms with Gasteiger partial charge in [0.2, 0.25) is 5.91 Å². The molecule has 1 aromatic carbocycles. The summed E-state index contributed by atoms with van der Waals surface area (Å²) in [6.45, 7) is 1.72. The Morgan fingerprint density at radius 1 is 1.33 bits per heavy atom. The number of benzene rings is 1. The molecule has 2 heterocycles. The van der Waals surface area contributed by atoms with Gasteiger partial charge in [0, 0.05) is 20.1 Å². The van der Waals surface area contributed by atoms with Crippen LogP contribution in [0.4, 0.5) is 0 Å². The second-order valence-electron chi connectivity index (χ2n) is 5.71. The van der Waals surface area contributed by atoms with Crippen molar-refractivity contribution >= 4 is 5.91 Å². The lowest BCUT2D eigenvalue weighted by atomic mass is 9.99. The van der Waals surface area contributed by atoms with Crippen LogP contribution in [0.15, 0.2) is 36.5 Å². The Hall–Kier alpha value is -2.17. The van der Waals surface area contributed by atoms with Crippen LogP contribution in [-0.2, 0) is 24.7 Å². The summed E-state index contributed by atoms with van der Waals surface area (Å²) < 4.78 is 1.66. The van der Waals surface area contributed by atoms with E-state index in [1.807, 2.05) is 18.0 Å². The lowest BCUT2D eigenvalue weighted by Crippen LogP contribution is -2.30. The molecule has 1 aliphatic rings. The van der Waals surface area contributed by atoms with Crippen LogP contribution in [0.5, 0.6) is 0 Å². The van der Waals surface area contributed by atoms with E-state index in [-0.39, 0.29) is 5.91 Å². The molecular weight excluding hydrogens is 264 g/mol. The summed E-state index contributed by atoms with van der Waals surface area (Å²) in [7, 11) is 1.82. The van der Waals surface area contributed by atoms with Gasteiger partial charge < -0.3 is 4.90 Å². The molecule has 1 fully saturated rings. The molecule has 0 saturated carbocycles. The third kappa shape index (κ3) is 3.29. The molecule has 1 atom stereocenters. The van der Waals surface area contributed by atoms with Crippen molar-refractivity contribution in [1.82, 2.24) is 19.9 Å². The Morgan fingerprint density at radius 2 is 2.14 bits per heavy atom. The first-order valence-corrected chi connectivity index (χ1v) is 7.37. The summed E-state index contributed by atoms with van der Waals surface area (Å²) in [5.41, 5.74) is 2.22. The van der Waals surface area contributed by atoms with Crippen molar-refractivity contribution in [2.75, 3.05) is 13.1 Å². The molecule has 1 unspecified atom stereocenters. The van der Waals surface area contributed by atoms with Gasteiger partial charge in [-0.1, -0.05) is 35.5 Å². The number of amides is 1. The summed E-state index contributed by atoms with van der Waals surface area (Å²) in [5.74, 6) is 0.747. The molecule has 0 N–H and O–H groups in total. The Balaban J connectivity index is 1.54. The van der Waals surface area contributed by atoms with Gasteiger partial charge in [0.05, 0.1) is 18.3 Å². The second kappa shape index (κ2) is 6.08. The highest BCUT2D eigenvalue weighted by Crippen LogP contribution is 2.21. The smallest absolute Gasteiger partial charge is 0.228 e. The normalized spacial score (nSPS) is 18.1. The van der Waals surface area contributed by atoms with E-state index in [2.05, 4.69) is 34.6 Å². The van der Waals surface area contributed by atoms with Crippen LogP contribution in [0.1, 0.15) is 17.7 Å². The van der Waals surface area contributed by atoms with E-state index in [0.29, 0.717) is 12.3 Å². The first kappa shape index (κ1) is 13.8. The van der Waals surface area contributed by atoms with Crippen LogP contribution < -0.4 is 0 Å². The number of hydrogen-bond donors (Lipinski definition) is 0. The summed E-state index contributed by atoms with van der Waals surface area (Å²) in [4.78, 5) is 14.3. The highest BCUT2D eigenvalue weighted by Gasteiger charge is 2.26. The standard InChI is InChI=1S/C16H20N4O/c1-19-15(11-17-18-19)10-16(21)20-8-7-14(12-20)9-13-5-3-2-4-6-13/h2-6,11,14H,7-10,12H2,1H3. The number of nitrogens with zero attached hydrogens (tertiary/aromatic N) is 4. The first-order chi connectivity index (χ1) is 10.2. The van der Waals surface area contributed by atoms with Gasteiger partial charge in [0.1, 0.15) is 0 Å². The van der Waals surface area contributed by atoms with Crippen LogP contribution in [0, 0.1) is 5.92 Å². The van der Waals surface area contributed by atoms with Gasteiger partial charge in [0.15, 0.2) is 0 Å². The monoisotopic (exact) mass is 284 g/mol. The van der Waals surface area contributed by atoms with E-state index in [1.165, 1.54) is 5.56 Å². The third-order valence-corrected chi connectivity index (χ3v) is 4.15. The van der Waals surface area contributed by atoms with Gasteiger partial charge in [0.25, 0.3) is 0 Å². The zero-order valence-electron chi connectivity index (χ0n) is 12.3. The molecule has 21 heavy (non-hydrogen) atoms. The fourth-order valence-electron chi connectivity index (χ4n) is 2.91. The van der Waals surface area contributed by atoms with Crippen molar-refractivity contribution in [3.05, 3.63) is 47.8 Å². The average molecular weight is 284 g/mol. The van der Waals surface area contributed by atoms with E-state index in [9.17, 15) is 4.79 Å². The maximum atomic E-state index is 12.3. The van der Waals surface area contributed by atoms with E-state index < -0.39 is 0 Å². The molecule has 3 rings (SSSR count). The topological polar surface area (TPSA) is 51.0 Å². The largest absolute Gasteiger partial charge is 0.342 e. The van der Waals surface area contributed by atoms with Gasteiger partial charge in [-0.3, -0.25) is 9.48 Å². The molecule has 1 aliphatic heterocycles. The summed E-state index contributed by atoms with van der Waals surface area (Å²) >= 11 is 0. The SMILES string of the molecule is Cn1nncc1CC(=O)N1CCC(Cc2ccccc2)C1. The maximum Gasteiger partial charge on any atom is 0.228 e. The van der Waals surface area contributed by atoms with E-state index in [0.717, 1.165) is 31.6 Å². The van der Waals surface area contributed by atoms with Crippen LogP contribution in [0.25, 0.3) is 0 Å². The zero-order chi connectivity index (χ0) is 14.7. The summed E-state index contributed by atoms with van der Waals surface area (Å²) in [6, 6.07) is 10.5. The molecule has 0 aliphatic carbocycles. The van der Waals surface area contributed by atoms with Crippen LogP contribution in [0.2, 0.25) is 0 Å². The molecule has 5 nitrogen and oxygen atoms in total. The highest BCUT2D eigenvalue weighted by atomic mass is 16.2. The van der Waals surface area contributed by atoms with Crippen molar-refractivity contribution in [1.29, 1.82) is 0 Å². The first-order valence-electron chi connectivity index (χ1n) is 7.37. The number of carbonyl (C=O) groups excluding carboxylic acids is 1. The molecule has 5 heteroatoms. The molecule has 1 saturated heterocycles. The van der Waals surface area contributed by atoms with Crippen molar-refractivity contribution < 1.29 is 4.79 Å². The third-order valence-electron chi connectivity index (χ3n) is 4.15. The molecule has 1 amide bonds. The lowest BCUT2D eigenvalue weighted by molar-refractivity contribution is -0.129. The predicted octanol–water partition coefficient (Wildman–Crippen LogP) is 1.45. The Morgan fingerprint density at radius 3 is 2.86 bits per heavy atom. The molecule has 0 bridgehead atoms.